The molecule has 0 aliphatic carbocycles. The highest BCUT2D eigenvalue weighted by Crippen LogP contribution is 2.20. The lowest BCUT2D eigenvalue weighted by molar-refractivity contribution is 0.102. The Labute approximate surface area is 179 Å². The van der Waals surface area contributed by atoms with Crippen LogP contribution in [0.2, 0.25) is 0 Å². The fraction of sp³-hybridized carbons (Fsp3) is 0.0500. The summed E-state index contributed by atoms with van der Waals surface area (Å²) < 4.78 is 65.5. The molecule has 1 amide bonds. The molecule has 3 N–H and O–H groups in total. The summed E-state index contributed by atoms with van der Waals surface area (Å²) in [4.78, 5) is 12.4. The average molecular weight is 464 g/mol. The molecule has 0 radical (unpaired) electrons. The molecule has 31 heavy (non-hydrogen) atoms. The van der Waals surface area contributed by atoms with Crippen molar-refractivity contribution in [3.05, 3.63) is 84.2 Å². The van der Waals surface area contributed by atoms with Gasteiger partial charge in [0.25, 0.3) is 15.9 Å². The third-order valence-electron chi connectivity index (χ3n) is 3.93. The second-order valence-corrected chi connectivity index (χ2v) is 9.98. The van der Waals surface area contributed by atoms with Crippen molar-refractivity contribution >= 4 is 43.0 Å². The van der Waals surface area contributed by atoms with Crippen LogP contribution in [0.1, 0.15) is 10.4 Å². The zero-order chi connectivity index (χ0) is 22.6. The van der Waals surface area contributed by atoms with Crippen LogP contribution in [0.4, 0.5) is 21.5 Å². The van der Waals surface area contributed by atoms with E-state index < -0.39 is 31.8 Å². The summed E-state index contributed by atoms with van der Waals surface area (Å²) in [5.74, 6) is -1.09. The van der Waals surface area contributed by atoms with E-state index >= 15 is 0 Å². The van der Waals surface area contributed by atoms with Crippen LogP contribution < -0.4 is 14.8 Å². The molecule has 0 aromatic heterocycles. The summed E-state index contributed by atoms with van der Waals surface area (Å²) in [7, 11) is -7.49. The number of benzene rings is 3. The molecule has 0 aliphatic heterocycles. The second-order valence-electron chi connectivity index (χ2n) is 6.55. The highest BCUT2D eigenvalue weighted by atomic mass is 32.2. The fourth-order valence-corrected chi connectivity index (χ4v) is 4.27. The molecule has 3 aromatic carbocycles. The minimum Gasteiger partial charge on any atom is -0.322 e. The fourth-order valence-electron chi connectivity index (χ4n) is 2.61. The molecule has 0 aliphatic rings. The minimum atomic E-state index is -4.01. The number of hydrogen-bond donors (Lipinski definition) is 3. The van der Waals surface area contributed by atoms with Crippen LogP contribution in [-0.2, 0) is 20.0 Å². The van der Waals surface area contributed by atoms with Crippen LogP contribution in [0.5, 0.6) is 0 Å². The summed E-state index contributed by atoms with van der Waals surface area (Å²) in [6.45, 7) is 0. The molecule has 0 atom stereocenters. The monoisotopic (exact) mass is 463 g/mol. The Kier molecular flexibility index (Phi) is 6.27. The van der Waals surface area contributed by atoms with Gasteiger partial charge in [-0.3, -0.25) is 14.2 Å². The summed E-state index contributed by atoms with van der Waals surface area (Å²) in [5, 5.41) is 2.59. The maximum atomic E-state index is 13.0. The Morgan fingerprint density at radius 1 is 0.774 bits per heavy atom. The van der Waals surface area contributed by atoms with Gasteiger partial charge in [-0.25, -0.2) is 21.2 Å². The molecule has 3 aromatic rings. The van der Waals surface area contributed by atoms with E-state index in [1.54, 1.807) is 12.1 Å². The lowest BCUT2D eigenvalue weighted by Crippen LogP contribution is -2.16. The largest absolute Gasteiger partial charge is 0.322 e. The normalized spacial score (nSPS) is 11.5. The van der Waals surface area contributed by atoms with Gasteiger partial charge < -0.3 is 5.32 Å². The molecule has 0 bridgehead atoms. The highest BCUT2D eigenvalue weighted by molar-refractivity contribution is 7.92. The number of hydrogen-bond acceptors (Lipinski definition) is 5. The van der Waals surface area contributed by atoms with Gasteiger partial charge in [0.2, 0.25) is 10.0 Å². The van der Waals surface area contributed by atoms with Crippen LogP contribution in [0.15, 0.2) is 77.7 Å². The Morgan fingerprint density at radius 2 is 1.42 bits per heavy atom. The van der Waals surface area contributed by atoms with Crippen molar-refractivity contribution in [3.8, 4) is 0 Å². The van der Waals surface area contributed by atoms with Gasteiger partial charge >= 0.3 is 0 Å². The maximum Gasteiger partial charge on any atom is 0.261 e. The van der Waals surface area contributed by atoms with E-state index in [0.29, 0.717) is 5.69 Å². The first-order valence-electron chi connectivity index (χ1n) is 8.79. The van der Waals surface area contributed by atoms with E-state index in [-0.39, 0.29) is 21.8 Å². The van der Waals surface area contributed by atoms with Crippen molar-refractivity contribution < 1.29 is 26.0 Å². The van der Waals surface area contributed by atoms with Crippen molar-refractivity contribution in [2.75, 3.05) is 21.0 Å². The predicted molar refractivity (Wildman–Crippen MR) is 117 cm³/mol. The van der Waals surface area contributed by atoms with Crippen LogP contribution >= 0.6 is 0 Å². The maximum absolute atomic E-state index is 13.0. The summed E-state index contributed by atoms with van der Waals surface area (Å²) >= 11 is 0. The van der Waals surface area contributed by atoms with E-state index in [2.05, 4.69) is 14.8 Å². The molecule has 11 heteroatoms. The zero-order valence-corrected chi connectivity index (χ0v) is 17.8. The van der Waals surface area contributed by atoms with Crippen molar-refractivity contribution in [2.45, 2.75) is 4.90 Å². The SMILES string of the molecule is CS(=O)(=O)Nc1cccc(NC(=O)c2cccc(S(=O)(=O)Nc3ccc(F)cc3)c2)c1. The van der Waals surface area contributed by atoms with E-state index in [9.17, 15) is 26.0 Å². The van der Waals surface area contributed by atoms with Crippen molar-refractivity contribution in [3.63, 3.8) is 0 Å². The quantitative estimate of drug-likeness (QED) is 0.497. The average Bonchev–Trinajstić information content (AvgIpc) is 2.69. The Hall–Kier alpha value is -3.44. The number of nitrogens with one attached hydrogen (secondary N) is 3. The first-order chi connectivity index (χ1) is 14.5. The standard InChI is InChI=1S/C20H18FN3O5S2/c1-30(26,27)23-18-6-3-5-17(13-18)22-20(25)14-4-2-7-19(12-14)31(28,29)24-16-10-8-15(21)9-11-16/h2-13,23-24H,1H3,(H,22,25). The molecule has 0 fully saturated rings. The van der Waals surface area contributed by atoms with Gasteiger partial charge in [0, 0.05) is 16.9 Å². The summed E-state index contributed by atoms with van der Waals surface area (Å²) in [6, 6.07) is 16.2. The molecule has 3 rings (SSSR count). The molecule has 0 spiro atoms. The Bertz CT molecular complexity index is 1320. The smallest absolute Gasteiger partial charge is 0.261 e. The van der Waals surface area contributed by atoms with Crippen molar-refractivity contribution in [1.29, 1.82) is 0 Å². The first-order valence-corrected chi connectivity index (χ1v) is 12.2. The van der Waals surface area contributed by atoms with E-state index in [4.69, 9.17) is 0 Å². The van der Waals surface area contributed by atoms with E-state index in [0.717, 1.165) is 18.4 Å². The minimum absolute atomic E-state index is 0.0726. The lowest BCUT2D eigenvalue weighted by atomic mass is 10.2. The zero-order valence-electron chi connectivity index (χ0n) is 16.2. The topological polar surface area (TPSA) is 121 Å². The van der Waals surface area contributed by atoms with Gasteiger partial charge in [-0.05, 0) is 60.7 Å². The van der Waals surface area contributed by atoms with Gasteiger partial charge in [0.05, 0.1) is 16.8 Å². The molecule has 162 valence electrons. The number of sulfonamides is 2. The number of amides is 1. The molecule has 0 heterocycles. The van der Waals surface area contributed by atoms with Crippen LogP contribution in [0.3, 0.4) is 0 Å². The third-order valence-corrected chi connectivity index (χ3v) is 5.91. The first kappa shape index (κ1) is 22.2. The van der Waals surface area contributed by atoms with Gasteiger partial charge in [-0.2, -0.15) is 0 Å². The number of halogens is 1. The molecule has 0 saturated heterocycles. The highest BCUT2D eigenvalue weighted by Gasteiger charge is 2.17. The molecular formula is C20H18FN3O5S2. The van der Waals surface area contributed by atoms with E-state index in [1.807, 2.05) is 0 Å². The van der Waals surface area contributed by atoms with Crippen LogP contribution in [0.25, 0.3) is 0 Å². The van der Waals surface area contributed by atoms with Crippen molar-refractivity contribution in [1.82, 2.24) is 0 Å². The van der Waals surface area contributed by atoms with Crippen LogP contribution in [-0.4, -0.2) is 29.0 Å². The number of carbonyl (C=O) groups is 1. The lowest BCUT2D eigenvalue weighted by Gasteiger charge is -2.11. The Morgan fingerprint density at radius 3 is 2.10 bits per heavy atom. The summed E-state index contributed by atoms with van der Waals surface area (Å²) in [5.41, 5.74) is 0.825. The number of anilines is 3. The third kappa shape index (κ3) is 6.27. The van der Waals surface area contributed by atoms with Crippen LogP contribution in [0, 0.1) is 5.82 Å². The predicted octanol–water partition coefficient (Wildman–Crippen LogP) is 3.25. The van der Waals surface area contributed by atoms with E-state index in [1.165, 1.54) is 48.5 Å². The van der Waals surface area contributed by atoms with Gasteiger partial charge in [0.1, 0.15) is 5.82 Å². The van der Waals surface area contributed by atoms with Gasteiger partial charge in [-0.15, -0.1) is 0 Å². The number of carbonyl (C=O) groups excluding carboxylic acids is 1. The van der Waals surface area contributed by atoms with Gasteiger partial charge in [-0.1, -0.05) is 12.1 Å². The molecule has 0 unspecified atom stereocenters. The molecular weight excluding hydrogens is 445 g/mol. The van der Waals surface area contributed by atoms with Crippen molar-refractivity contribution in [2.24, 2.45) is 0 Å². The molecule has 8 nitrogen and oxygen atoms in total. The second kappa shape index (κ2) is 8.74. The van der Waals surface area contributed by atoms with Gasteiger partial charge in [0.15, 0.2) is 0 Å². The Balaban J connectivity index is 1.78. The summed E-state index contributed by atoms with van der Waals surface area (Å²) in [6.07, 6.45) is 1.00. The molecule has 0 saturated carbocycles. The number of rotatable bonds is 7.